The summed E-state index contributed by atoms with van der Waals surface area (Å²) in [6.45, 7) is 3.99. The molecule has 0 aliphatic heterocycles. The van der Waals surface area contributed by atoms with Crippen LogP contribution < -0.4 is 10.1 Å². The molecule has 110 valence electrons. The number of thioether (sulfide) groups is 1. The van der Waals surface area contributed by atoms with E-state index < -0.39 is 5.97 Å². The molecule has 1 amide bonds. The number of hydrogen-bond donors (Lipinski definition) is 2. The Balaban J connectivity index is 2.91. The van der Waals surface area contributed by atoms with Gasteiger partial charge in [0, 0.05) is 6.07 Å². The third-order valence-electron chi connectivity index (χ3n) is 2.34. The molecule has 0 atom stereocenters. The van der Waals surface area contributed by atoms with Crippen LogP contribution in [0.2, 0.25) is 5.02 Å². The lowest BCUT2D eigenvalue weighted by atomic mass is 10.2. The minimum atomic E-state index is -1.14. The monoisotopic (exact) mass is 317 g/mol. The molecular formula is C13H16ClNO4S. The standard InChI is InChI=1S/C13H16ClNO4S/c1-7(2)20-6-12(16)15-10-5-11(19-3)8(13(17)18)4-9(10)14/h4-5,7H,6H2,1-3H3,(H,15,16)(H,17,18). The van der Waals surface area contributed by atoms with Gasteiger partial charge in [-0.05, 0) is 11.3 Å². The van der Waals surface area contributed by atoms with Gasteiger partial charge in [0.2, 0.25) is 5.91 Å². The predicted octanol–water partition coefficient (Wildman–Crippen LogP) is 3.13. The van der Waals surface area contributed by atoms with Gasteiger partial charge in [-0.3, -0.25) is 4.79 Å². The van der Waals surface area contributed by atoms with Crippen LogP contribution in [-0.2, 0) is 4.79 Å². The van der Waals surface area contributed by atoms with Gasteiger partial charge in [-0.2, -0.15) is 0 Å². The number of hydrogen-bond acceptors (Lipinski definition) is 4. The van der Waals surface area contributed by atoms with Gasteiger partial charge in [-0.25, -0.2) is 4.79 Å². The molecule has 0 radical (unpaired) electrons. The highest BCUT2D eigenvalue weighted by atomic mass is 35.5. The van der Waals surface area contributed by atoms with Crippen LogP contribution in [-0.4, -0.2) is 35.1 Å². The van der Waals surface area contributed by atoms with E-state index in [0.717, 1.165) is 0 Å². The molecule has 1 aromatic rings. The van der Waals surface area contributed by atoms with E-state index in [1.54, 1.807) is 0 Å². The first-order chi connectivity index (χ1) is 9.35. The summed E-state index contributed by atoms with van der Waals surface area (Å²) >= 11 is 7.47. The topological polar surface area (TPSA) is 75.6 Å². The average Bonchev–Trinajstić information content (AvgIpc) is 2.38. The number of aromatic carboxylic acids is 1. The molecule has 0 saturated heterocycles. The lowest BCUT2D eigenvalue weighted by Gasteiger charge is -2.12. The predicted molar refractivity (Wildman–Crippen MR) is 81.2 cm³/mol. The average molecular weight is 318 g/mol. The van der Waals surface area contributed by atoms with E-state index in [2.05, 4.69) is 5.32 Å². The highest BCUT2D eigenvalue weighted by Gasteiger charge is 2.16. The second kappa shape index (κ2) is 7.40. The zero-order valence-electron chi connectivity index (χ0n) is 11.4. The molecule has 0 heterocycles. The van der Waals surface area contributed by atoms with Crippen LogP contribution in [0.3, 0.4) is 0 Å². The fraction of sp³-hybridized carbons (Fsp3) is 0.385. The van der Waals surface area contributed by atoms with Crippen molar-refractivity contribution >= 4 is 40.9 Å². The number of carbonyl (C=O) groups excluding carboxylic acids is 1. The Morgan fingerprint density at radius 3 is 2.60 bits per heavy atom. The van der Waals surface area contributed by atoms with Gasteiger partial charge in [-0.1, -0.05) is 25.4 Å². The maximum atomic E-state index is 11.7. The number of nitrogens with one attached hydrogen (secondary N) is 1. The normalized spacial score (nSPS) is 10.4. The van der Waals surface area contributed by atoms with E-state index in [9.17, 15) is 9.59 Å². The second-order valence-corrected chi connectivity index (χ2v) is 6.22. The van der Waals surface area contributed by atoms with Crippen LogP contribution in [0.15, 0.2) is 12.1 Å². The molecule has 0 fully saturated rings. The molecule has 1 aromatic carbocycles. The third kappa shape index (κ3) is 4.61. The van der Waals surface area contributed by atoms with Crippen molar-refractivity contribution in [3.63, 3.8) is 0 Å². The molecule has 0 aliphatic rings. The largest absolute Gasteiger partial charge is 0.496 e. The Bertz CT molecular complexity index is 519. The Kier molecular flexibility index (Phi) is 6.16. The fourth-order valence-corrected chi connectivity index (χ4v) is 2.18. The van der Waals surface area contributed by atoms with Gasteiger partial charge < -0.3 is 15.2 Å². The van der Waals surface area contributed by atoms with Gasteiger partial charge in [0.15, 0.2) is 0 Å². The van der Waals surface area contributed by atoms with Gasteiger partial charge in [0.25, 0.3) is 0 Å². The zero-order chi connectivity index (χ0) is 15.3. The Labute approximate surface area is 126 Å². The Morgan fingerprint density at radius 2 is 2.10 bits per heavy atom. The number of carbonyl (C=O) groups is 2. The van der Waals surface area contributed by atoms with E-state index in [-0.39, 0.29) is 22.2 Å². The number of ether oxygens (including phenoxy) is 1. The summed E-state index contributed by atoms with van der Waals surface area (Å²) in [5.74, 6) is -0.891. The highest BCUT2D eigenvalue weighted by Crippen LogP contribution is 2.31. The Morgan fingerprint density at radius 1 is 1.45 bits per heavy atom. The maximum absolute atomic E-state index is 11.7. The van der Waals surface area contributed by atoms with E-state index >= 15 is 0 Å². The van der Waals surface area contributed by atoms with Gasteiger partial charge in [0.1, 0.15) is 11.3 Å². The number of halogens is 1. The summed E-state index contributed by atoms with van der Waals surface area (Å²) in [4.78, 5) is 22.8. The lowest BCUT2D eigenvalue weighted by Crippen LogP contribution is -2.16. The molecule has 5 nitrogen and oxygen atoms in total. The second-order valence-electron chi connectivity index (χ2n) is 4.25. The van der Waals surface area contributed by atoms with E-state index in [4.69, 9.17) is 21.4 Å². The van der Waals surface area contributed by atoms with Crippen LogP contribution >= 0.6 is 23.4 Å². The third-order valence-corrected chi connectivity index (χ3v) is 3.75. The van der Waals surface area contributed by atoms with Crippen molar-refractivity contribution in [2.75, 3.05) is 18.2 Å². The van der Waals surface area contributed by atoms with Crippen LogP contribution in [0, 0.1) is 0 Å². The number of benzene rings is 1. The van der Waals surface area contributed by atoms with Crippen LogP contribution in [0.5, 0.6) is 5.75 Å². The van der Waals surface area contributed by atoms with Gasteiger partial charge >= 0.3 is 5.97 Å². The number of carboxylic acid groups (broad SMARTS) is 1. The Hall–Kier alpha value is -1.40. The quantitative estimate of drug-likeness (QED) is 0.843. The van der Waals surface area contributed by atoms with Crippen molar-refractivity contribution in [1.82, 2.24) is 0 Å². The van der Waals surface area contributed by atoms with E-state index in [1.807, 2.05) is 13.8 Å². The molecule has 1 rings (SSSR count). The number of amides is 1. The van der Waals surface area contributed by atoms with Crippen molar-refractivity contribution in [1.29, 1.82) is 0 Å². The van der Waals surface area contributed by atoms with Crippen molar-refractivity contribution < 1.29 is 19.4 Å². The first-order valence-electron chi connectivity index (χ1n) is 5.87. The molecule has 0 spiro atoms. The minimum Gasteiger partial charge on any atom is -0.496 e. The van der Waals surface area contributed by atoms with E-state index in [0.29, 0.717) is 16.7 Å². The van der Waals surface area contributed by atoms with Crippen molar-refractivity contribution in [3.05, 3.63) is 22.7 Å². The van der Waals surface area contributed by atoms with Crippen LogP contribution in [0.4, 0.5) is 5.69 Å². The highest BCUT2D eigenvalue weighted by molar-refractivity contribution is 8.00. The SMILES string of the molecule is COc1cc(NC(=O)CSC(C)C)c(Cl)cc1C(=O)O. The van der Waals surface area contributed by atoms with E-state index in [1.165, 1.54) is 31.0 Å². The summed E-state index contributed by atoms with van der Waals surface area (Å²) < 4.78 is 4.99. The summed E-state index contributed by atoms with van der Waals surface area (Å²) in [5.41, 5.74) is 0.287. The minimum absolute atomic E-state index is 0.0490. The summed E-state index contributed by atoms with van der Waals surface area (Å²) in [6, 6.07) is 2.66. The van der Waals surface area contributed by atoms with Crippen molar-refractivity contribution in [2.24, 2.45) is 0 Å². The van der Waals surface area contributed by atoms with Gasteiger partial charge in [0.05, 0.1) is 23.6 Å². The van der Waals surface area contributed by atoms with Gasteiger partial charge in [-0.15, -0.1) is 11.8 Å². The lowest BCUT2D eigenvalue weighted by molar-refractivity contribution is -0.113. The first-order valence-corrected chi connectivity index (χ1v) is 7.30. The molecule has 0 aromatic heterocycles. The first kappa shape index (κ1) is 16.7. The smallest absolute Gasteiger partial charge is 0.339 e. The van der Waals surface area contributed by atoms with Crippen molar-refractivity contribution in [3.8, 4) is 5.75 Å². The molecule has 2 N–H and O–H groups in total. The molecule has 20 heavy (non-hydrogen) atoms. The number of carboxylic acids is 1. The van der Waals surface area contributed by atoms with Crippen molar-refractivity contribution in [2.45, 2.75) is 19.1 Å². The zero-order valence-corrected chi connectivity index (χ0v) is 13.0. The fourth-order valence-electron chi connectivity index (χ4n) is 1.41. The van der Waals surface area contributed by atoms with Crippen LogP contribution in [0.1, 0.15) is 24.2 Å². The van der Waals surface area contributed by atoms with Crippen LogP contribution in [0.25, 0.3) is 0 Å². The molecular weight excluding hydrogens is 302 g/mol. The summed E-state index contributed by atoms with van der Waals surface area (Å²) in [5, 5.41) is 12.2. The molecule has 0 saturated carbocycles. The molecule has 0 aliphatic carbocycles. The molecule has 7 heteroatoms. The number of rotatable bonds is 6. The number of methoxy groups -OCH3 is 1. The molecule has 0 bridgehead atoms. The summed E-state index contributed by atoms with van der Waals surface area (Å²) in [7, 11) is 1.36. The summed E-state index contributed by atoms with van der Waals surface area (Å²) in [6.07, 6.45) is 0. The maximum Gasteiger partial charge on any atom is 0.339 e. The number of anilines is 1. The molecule has 0 unspecified atom stereocenters.